The molecule has 0 aliphatic rings. The lowest BCUT2D eigenvalue weighted by molar-refractivity contribution is -0.150. The van der Waals surface area contributed by atoms with E-state index in [2.05, 4.69) is 0 Å². The summed E-state index contributed by atoms with van der Waals surface area (Å²) in [6.07, 6.45) is -6.38. The Balaban J connectivity index is 3.25. The van der Waals surface area contributed by atoms with Gasteiger partial charge in [-0.1, -0.05) is 0 Å². The van der Waals surface area contributed by atoms with Gasteiger partial charge in [0.1, 0.15) is 11.3 Å². The summed E-state index contributed by atoms with van der Waals surface area (Å²) in [5.41, 5.74) is 0.170. The van der Waals surface area contributed by atoms with Crippen molar-refractivity contribution in [1.29, 1.82) is 0 Å². The maximum atomic E-state index is 12.1. The molecule has 0 spiro atoms. The third kappa shape index (κ3) is 5.09. The summed E-state index contributed by atoms with van der Waals surface area (Å²) >= 11 is 0. The number of halogens is 4. The lowest BCUT2D eigenvalue weighted by Crippen LogP contribution is -2.21. The highest BCUT2D eigenvalue weighted by Crippen LogP contribution is 2.36. The van der Waals surface area contributed by atoms with E-state index >= 15 is 0 Å². The number of amides is 1. The van der Waals surface area contributed by atoms with Crippen molar-refractivity contribution in [2.24, 2.45) is 0 Å². The molecule has 1 N–H and O–H groups in total. The zero-order chi connectivity index (χ0) is 16.4. The monoisotopic (exact) mass is 345 g/mol. The number of anilines is 1. The summed E-state index contributed by atoms with van der Waals surface area (Å²) < 4.78 is 64.1. The number of alkyl halides is 3. The number of carbonyl (C=O) groups excluding carboxylic acids is 1. The van der Waals surface area contributed by atoms with E-state index in [9.17, 15) is 26.4 Å². The molecule has 0 bridgehead atoms. The van der Waals surface area contributed by atoms with Crippen LogP contribution >= 0.6 is 10.7 Å². The highest BCUT2D eigenvalue weighted by atomic mass is 35.7. The summed E-state index contributed by atoms with van der Waals surface area (Å²) in [4.78, 5) is 10.9. The first kappa shape index (κ1) is 17.6. The molecular weight excluding hydrogens is 335 g/mol. The first-order valence-electron chi connectivity index (χ1n) is 5.44. The van der Waals surface area contributed by atoms with Gasteiger partial charge in [-0.2, -0.15) is 13.2 Å². The highest BCUT2D eigenvalue weighted by Gasteiger charge is 2.32. The van der Waals surface area contributed by atoms with Crippen LogP contribution in [0.4, 0.5) is 18.9 Å². The topological polar surface area (TPSA) is 72.5 Å². The average molecular weight is 346 g/mol. The van der Waals surface area contributed by atoms with E-state index in [0.717, 1.165) is 7.11 Å². The molecule has 0 saturated heterocycles. The van der Waals surface area contributed by atoms with Gasteiger partial charge in [-0.15, -0.1) is 0 Å². The van der Waals surface area contributed by atoms with E-state index in [1.54, 1.807) is 0 Å². The fourth-order valence-corrected chi connectivity index (χ4v) is 2.69. The molecule has 0 saturated carbocycles. The van der Waals surface area contributed by atoms with Crippen LogP contribution in [0.15, 0.2) is 17.0 Å². The van der Waals surface area contributed by atoms with Crippen LogP contribution in [0.5, 0.6) is 5.75 Å². The van der Waals surface area contributed by atoms with Crippen LogP contribution in [0, 0.1) is 6.92 Å². The molecule has 0 aliphatic carbocycles. The SMILES string of the molecule is COc1c(NC(=O)CC(F)(F)F)cc(C)cc1S(=O)(=O)Cl. The van der Waals surface area contributed by atoms with Crippen molar-refractivity contribution in [3.05, 3.63) is 17.7 Å². The maximum Gasteiger partial charge on any atom is 0.397 e. The van der Waals surface area contributed by atoms with Crippen LogP contribution in [-0.2, 0) is 13.8 Å². The number of hydrogen-bond acceptors (Lipinski definition) is 4. The van der Waals surface area contributed by atoms with Gasteiger partial charge in [0.2, 0.25) is 5.91 Å². The largest absolute Gasteiger partial charge is 0.493 e. The van der Waals surface area contributed by atoms with Crippen molar-refractivity contribution in [2.75, 3.05) is 12.4 Å². The van der Waals surface area contributed by atoms with Crippen LogP contribution < -0.4 is 10.1 Å². The average Bonchev–Trinajstić information content (AvgIpc) is 2.24. The van der Waals surface area contributed by atoms with Gasteiger partial charge >= 0.3 is 6.18 Å². The molecule has 0 fully saturated rings. The van der Waals surface area contributed by atoms with Crippen molar-refractivity contribution in [1.82, 2.24) is 0 Å². The van der Waals surface area contributed by atoms with Crippen molar-refractivity contribution < 1.29 is 31.1 Å². The lowest BCUT2D eigenvalue weighted by Gasteiger charge is -2.14. The Bertz CT molecular complexity index is 658. The number of rotatable bonds is 4. The van der Waals surface area contributed by atoms with E-state index in [4.69, 9.17) is 15.4 Å². The molecule has 1 amide bonds. The van der Waals surface area contributed by atoms with Crippen LogP contribution in [0.3, 0.4) is 0 Å². The smallest absolute Gasteiger partial charge is 0.397 e. The number of ether oxygens (including phenoxy) is 1. The van der Waals surface area contributed by atoms with Gasteiger partial charge in [0.15, 0.2) is 5.75 Å². The Hall–Kier alpha value is -1.48. The van der Waals surface area contributed by atoms with E-state index in [1.165, 1.54) is 19.1 Å². The predicted molar refractivity (Wildman–Crippen MR) is 70.1 cm³/mol. The quantitative estimate of drug-likeness (QED) is 0.852. The highest BCUT2D eigenvalue weighted by molar-refractivity contribution is 8.13. The number of methoxy groups -OCH3 is 1. The van der Waals surface area contributed by atoms with E-state index < -0.39 is 32.5 Å². The number of carbonyl (C=O) groups is 1. The van der Waals surface area contributed by atoms with Gasteiger partial charge in [0.05, 0.1) is 12.8 Å². The fraction of sp³-hybridized carbons (Fsp3) is 0.364. The third-order valence-electron chi connectivity index (χ3n) is 2.30. The summed E-state index contributed by atoms with van der Waals surface area (Å²) in [6.45, 7) is 1.49. The number of hydrogen-bond donors (Lipinski definition) is 1. The van der Waals surface area contributed by atoms with E-state index in [1.807, 2.05) is 5.32 Å². The molecule has 0 aliphatic heterocycles. The van der Waals surface area contributed by atoms with Gasteiger partial charge in [-0.3, -0.25) is 4.79 Å². The second-order valence-corrected chi connectivity index (χ2v) is 6.66. The molecule has 0 radical (unpaired) electrons. The molecular formula is C11H11ClF3NO4S. The summed E-state index contributed by atoms with van der Waals surface area (Å²) in [6, 6.07) is 2.46. The Kier molecular flexibility index (Phi) is 5.11. The number of nitrogens with one attached hydrogen (secondary N) is 1. The first-order valence-corrected chi connectivity index (χ1v) is 7.75. The molecule has 1 aromatic carbocycles. The minimum absolute atomic E-state index is 0.203. The van der Waals surface area contributed by atoms with Gasteiger partial charge in [-0.25, -0.2) is 8.42 Å². The minimum Gasteiger partial charge on any atom is -0.493 e. The molecule has 0 unspecified atom stereocenters. The molecule has 118 valence electrons. The zero-order valence-electron chi connectivity index (χ0n) is 10.9. The Morgan fingerprint density at radius 3 is 2.38 bits per heavy atom. The Morgan fingerprint density at radius 1 is 1.38 bits per heavy atom. The minimum atomic E-state index is -4.68. The molecule has 1 aromatic rings. The third-order valence-corrected chi connectivity index (χ3v) is 3.63. The van der Waals surface area contributed by atoms with E-state index in [-0.39, 0.29) is 11.4 Å². The van der Waals surface area contributed by atoms with Crippen molar-refractivity contribution >= 4 is 31.3 Å². The summed E-state index contributed by atoms with van der Waals surface area (Å²) in [5.74, 6) is -1.67. The predicted octanol–water partition coefficient (Wildman–Crippen LogP) is 2.82. The van der Waals surface area contributed by atoms with E-state index in [0.29, 0.717) is 5.56 Å². The Morgan fingerprint density at radius 2 is 1.95 bits per heavy atom. The van der Waals surface area contributed by atoms with Gasteiger partial charge < -0.3 is 10.1 Å². The maximum absolute atomic E-state index is 12.1. The molecule has 0 heterocycles. The van der Waals surface area contributed by atoms with Crippen LogP contribution in [0.25, 0.3) is 0 Å². The second kappa shape index (κ2) is 6.10. The molecule has 1 rings (SSSR count). The molecule has 0 aromatic heterocycles. The van der Waals surface area contributed by atoms with Gasteiger partial charge in [-0.05, 0) is 24.6 Å². The van der Waals surface area contributed by atoms with Gasteiger partial charge in [0, 0.05) is 10.7 Å². The summed E-state index contributed by atoms with van der Waals surface area (Å²) in [7, 11) is 2.15. The molecule has 0 atom stereocenters. The zero-order valence-corrected chi connectivity index (χ0v) is 12.5. The lowest BCUT2D eigenvalue weighted by atomic mass is 10.2. The summed E-state index contributed by atoms with van der Waals surface area (Å²) in [5, 5.41) is 1.96. The van der Waals surface area contributed by atoms with Crippen LogP contribution in [0.2, 0.25) is 0 Å². The molecule has 5 nitrogen and oxygen atoms in total. The van der Waals surface area contributed by atoms with Crippen molar-refractivity contribution in [3.63, 3.8) is 0 Å². The van der Waals surface area contributed by atoms with Crippen LogP contribution in [0.1, 0.15) is 12.0 Å². The second-order valence-electron chi connectivity index (χ2n) is 4.12. The fourth-order valence-electron chi connectivity index (χ4n) is 1.60. The first-order chi connectivity index (χ1) is 9.44. The molecule has 21 heavy (non-hydrogen) atoms. The number of aryl methyl sites for hydroxylation is 1. The Labute approximate surface area is 123 Å². The van der Waals surface area contributed by atoms with Crippen molar-refractivity contribution in [2.45, 2.75) is 24.4 Å². The van der Waals surface area contributed by atoms with Crippen LogP contribution in [-0.4, -0.2) is 27.6 Å². The van der Waals surface area contributed by atoms with Gasteiger partial charge in [0.25, 0.3) is 9.05 Å². The standard InChI is InChI=1S/C11H11ClF3NO4S/c1-6-3-7(16-9(17)5-11(13,14)15)10(20-2)8(4-6)21(12,18)19/h3-4H,5H2,1-2H3,(H,16,17). The number of benzene rings is 1. The normalized spacial score (nSPS) is 12.1. The molecule has 10 heteroatoms. The van der Waals surface area contributed by atoms with Crippen molar-refractivity contribution in [3.8, 4) is 5.75 Å².